The average Bonchev–Trinajstić information content (AvgIpc) is 2.91. The standard InChI is InChI=1S/C31H35Si.Ti/c1-21-11-9-13-28(16-21)32(29-14-10-12-22(2)17-29,30-18-23(3)15-24(4)19-30)31(8)20-25(5)26(6)27(31)7;/h9-19H,1-8H3;/q-1;. The van der Waals surface area contributed by atoms with E-state index in [1.54, 1.807) is 0 Å². The maximum Gasteiger partial charge on any atom is 0.143 e. The van der Waals surface area contributed by atoms with E-state index in [0.29, 0.717) is 0 Å². The summed E-state index contributed by atoms with van der Waals surface area (Å²) in [5, 5.41) is 4.22. The fourth-order valence-electron chi connectivity index (χ4n) is 5.91. The van der Waals surface area contributed by atoms with Crippen molar-refractivity contribution in [2.45, 2.75) is 60.4 Å². The zero-order valence-electron chi connectivity index (χ0n) is 21.4. The van der Waals surface area contributed by atoms with Gasteiger partial charge >= 0.3 is 0 Å². The fraction of sp³-hybridized carbons (Fsp3) is 0.290. The molecule has 0 nitrogen and oxygen atoms in total. The van der Waals surface area contributed by atoms with Gasteiger partial charge in [0.05, 0.1) is 0 Å². The van der Waals surface area contributed by atoms with Gasteiger partial charge in [-0.1, -0.05) is 115 Å². The summed E-state index contributed by atoms with van der Waals surface area (Å²) in [6.07, 6.45) is 4.05. The normalized spacial score (nSPS) is 18.2. The summed E-state index contributed by atoms with van der Waals surface area (Å²) in [5.74, 6) is 0. The third kappa shape index (κ3) is 4.09. The molecule has 3 aromatic rings. The zero-order valence-corrected chi connectivity index (χ0v) is 23.9. The van der Waals surface area contributed by atoms with Crippen LogP contribution in [0.5, 0.6) is 0 Å². The van der Waals surface area contributed by atoms with Gasteiger partial charge in [0, 0.05) is 21.7 Å². The molecule has 0 saturated heterocycles. The predicted octanol–water partition coefficient (Wildman–Crippen LogP) is 6.25. The molecule has 1 aliphatic carbocycles. The molecule has 0 spiro atoms. The SMILES string of the molecule is CC1=[C-]C(C)([Si](c2cccc(C)c2)(c2cccc(C)c2)c2cc(C)cc(C)c2)C(C)=C1C.[Ti]. The molecule has 0 N–H and O–H groups in total. The summed E-state index contributed by atoms with van der Waals surface area (Å²) in [4.78, 5) is 0. The zero-order chi connectivity index (χ0) is 23.3. The molecule has 2 heteroatoms. The molecule has 0 amide bonds. The Kier molecular flexibility index (Phi) is 7.30. The maximum absolute atomic E-state index is 4.05. The first-order chi connectivity index (χ1) is 15.1. The molecule has 3 aromatic carbocycles. The number of hydrogen-bond acceptors (Lipinski definition) is 0. The van der Waals surface area contributed by atoms with Crippen molar-refractivity contribution in [3.8, 4) is 0 Å². The number of aryl methyl sites for hydroxylation is 4. The summed E-state index contributed by atoms with van der Waals surface area (Å²) in [5.41, 5.74) is 9.45. The van der Waals surface area contributed by atoms with Gasteiger partial charge in [-0.15, -0.1) is 6.92 Å². The van der Waals surface area contributed by atoms with Crippen LogP contribution in [-0.4, -0.2) is 8.07 Å². The van der Waals surface area contributed by atoms with Gasteiger partial charge in [0.2, 0.25) is 0 Å². The molecular formula is C31H35SiTi-. The average molecular weight is 484 g/mol. The summed E-state index contributed by atoms with van der Waals surface area (Å²) < 4.78 is 0. The molecule has 0 bridgehead atoms. The molecule has 33 heavy (non-hydrogen) atoms. The van der Waals surface area contributed by atoms with E-state index >= 15 is 0 Å². The van der Waals surface area contributed by atoms with Gasteiger partial charge in [-0.25, -0.2) is 5.57 Å². The molecule has 0 radical (unpaired) electrons. The first kappa shape index (κ1) is 25.7. The Morgan fingerprint density at radius 3 is 1.45 bits per heavy atom. The van der Waals surface area contributed by atoms with Gasteiger partial charge in [-0.2, -0.15) is 11.1 Å². The monoisotopic (exact) mass is 483 g/mol. The van der Waals surface area contributed by atoms with E-state index in [9.17, 15) is 0 Å². The summed E-state index contributed by atoms with van der Waals surface area (Å²) in [6.45, 7) is 18.2. The number of allylic oxidation sites excluding steroid dienone is 4. The van der Waals surface area contributed by atoms with E-state index in [1.165, 1.54) is 54.5 Å². The molecule has 0 aromatic heterocycles. The van der Waals surface area contributed by atoms with Crippen molar-refractivity contribution in [3.05, 3.63) is 112 Å². The Balaban J connectivity index is 0.00000306. The molecule has 0 fully saturated rings. The van der Waals surface area contributed by atoms with Gasteiger partial charge in [0.1, 0.15) is 8.07 Å². The Bertz CT molecular complexity index is 1200. The van der Waals surface area contributed by atoms with Crippen molar-refractivity contribution >= 4 is 23.6 Å². The first-order valence-electron chi connectivity index (χ1n) is 11.6. The number of benzene rings is 3. The van der Waals surface area contributed by atoms with E-state index in [1.807, 2.05) is 0 Å². The van der Waals surface area contributed by atoms with Gasteiger partial charge < -0.3 is 0 Å². The Morgan fingerprint density at radius 2 is 1.06 bits per heavy atom. The third-order valence-corrected chi connectivity index (χ3v) is 13.1. The van der Waals surface area contributed by atoms with Crippen LogP contribution < -0.4 is 15.6 Å². The second-order valence-corrected chi connectivity index (χ2v) is 14.2. The fourth-order valence-corrected chi connectivity index (χ4v) is 12.2. The molecule has 1 unspecified atom stereocenters. The van der Waals surface area contributed by atoms with Crippen LogP contribution in [0.2, 0.25) is 5.04 Å². The van der Waals surface area contributed by atoms with Crippen molar-refractivity contribution in [2.24, 2.45) is 0 Å². The minimum Gasteiger partial charge on any atom is -0.265 e. The molecular weight excluding hydrogens is 448 g/mol. The molecule has 168 valence electrons. The van der Waals surface area contributed by atoms with E-state index in [-0.39, 0.29) is 26.8 Å². The van der Waals surface area contributed by atoms with Gasteiger partial charge in [-0.05, 0) is 43.3 Å². The van der Waals surface area contributed by atoms with Crippen molar-refractivity contribution in [1.82, 2.24) is 0 Å². The van der Waals surface area contributed by atoms with Crippen LogP contribution in [0.3, 0.4) is 0 Å². The summed E-state index contributed by atoms with van der Waals surface area (Å²) in [7, 11) is -2.58. The van der Waals surface area contributed by atoms with E-state index in [2.05, 4.69) is 128 Å². The third-order valence-electron chi connectivity index (χ3n) is 7.62. The van der Waals surface area contributed by atoms with Gasteiger partial charge in [-0.3, -0.25) is 6.08 Å². The smallest absolute Gasteiger partial charge is 0.143 e. The van der Waals surface area contributed by atoms with Crippen LogP contribution >= 0.6 is 0 Å². The Labute approximate surface area is 216 Å². The van der Waals surface area contributed by atoms with Gasteiger partial charge in [0.15, 0.2) is 0 Å². The molecule has 1 aliphatic rings. The van der Waals surface area contributed by atoms with E-state index < -0.39 is 8.07 Å². The molecule has 0 aliphatic heterocycles. The molecule has 4 rings (SSSR count). The second kappa shape index (κ2) is 9.37. The van der Waals surface area contributed by atoms with Gasteiger partial charge in [0.25, 0.3) is 0 Å². The number of rotatable bonds is 4. The second-order valence-electron chi connectivity index (χ2n) is 9.99. The van der Waals surface area contributed by atoms with Crippen LogP contribution in [-0.2, 0) is 21.7 Å². The van der Waals surface area contributed by atoms with Crippen molar-refractivity contribution in [2.75, 3.05) is 0 Å². The van der Waals surface area contributed by atoms with Crippen LogP contribution in [0, 0.1) is 33.8 Å². The van der Waals surface area contributed by atoms with Crippen molar-refractivity contribution < 1.29 is 21.7 Å². The quantitative estimate of drug-likeness (QED) is 0.234. The first-order valence-corrected chi connectivity index (χ1v) is 13.6. The van der Waals surface area contributed by atoms with Crippen LogP contribution in [0.4, 0.5) is 0 Å². The van der Waals surface area contributed by atoms with Crippen LogP contribution in [0.1, 0.15) is 49.9 Å². The predicted molar refractivity (Wildman–Crippen MR) is 142 cm³/mol. The topological polar surface area (TPSA) is 0 Å². The molecule has 1 atom stereocenters. The van der Waals surface area contributed by atoms with Crippen molar-refractivity contribution in [1.29, 1.82) is 0 Å². The Morgan fingerprint density at radius 1 is 0.606 bits per heavy atom. The minimum absolute atomic E-state index is 0. The summed E-state index contributed by atoms with van der Waals surface area (Å²) >= 11 is 0. The van der Waals surface area contributed by atoms with Crippen LogP contribution in [0.15, 0.2) is 83.4 Å². The Hall–Kier alpha value is -1.93. The van der Waals surface area contributed by atoms with Crippen molar-refractivity contribution in [3.63, 3.8) is 0 Å². The van der Waals surface area contributed by atoms with E-state index in [0.717, 1.165) is 0 Å². The summed E-state index contributed by atoms with van der Waals surface area (Å²) in [6, 6.07) is 25.8. The minimum atomic E-state index is -2.58. The van der Waals surface area contributed by atoms with Crippen LogP contribution in [0.25, 0.3) is 0 Å². The van der Waals surface area contributed by atoms with E-state index in [4.69, 9.17) is 0 Å². The molecule has 0 saturated carbocycles. The maximum atomic E-state index is 4.05. The molecule has 0 heterocycles. The number of hydrogen-bond donors (Lipinski definition) is 0. The largest absolute Gasteiger partial charge is 0.265 e.